The molecule has 132 valence electrons. The monoisotopic (exact) mass is 342 g/mol. The third-order valence-corrected chi connectivity index (χ3v) is 4.37. The minimum atomic E-state index is -0.765. The number of amides is 2. The molecule has 6 nitrogen and oxygen atoms in total. The van der Waals surface area contributed by atoms with Crippen molar-refractivity contribution in [3.8, 4) is 11.3 Å². The molecule has 2 amide bonds. The van der Waals surface area contributed by atoms with Crippen LogP contribution in [-0.4, -0.2) is 42.5 Å². The van der Waals surface area contributed by atoms with Crippen LogP contribution in [-0.2, 0) is 9.53 Å². The van der Waals surface area contributed by atoms with Gasteiger partial charge in [0.05, 0.1) is 13.2 Å². The van der Waals surface area contributed by atoms with Crippen molar-refractivity contribution >= 4 is 11.8 Å². The SMILES string of the molecule is CC(C)c1cccc(-c2ccc(C(=O)N3CCOC[C@@H]3C(N)=O)o2)c1. The molecule has 1 saturated heterocycles. The molecule has 1 atom stereocenters. The Morgan fingerprint density at radius 2 is 2.04 bits per heavy atom. The lowest BCUT2D eigenvalue weighted by Gasteiger charge is -2.32. The summed E-state index contributed by atoms with van der Waals surface area (Å²) < 4.78 is 11.0. The number of primary amides is 1. The maximum Gasteiger partial charge on any atom is 0.290 e. The lowest BCUT2D eigenvalue weighted by molar-refractivity contribution is -0.127. The molecule has 0 aliphatic carbocycles. The molecule has 0 spiro atoms. The van der Waals surface area contributed by atoms with Crippen LogP contribution in [0.25, 0.3) is 11.3 Å². The Morgan fingerprint density at radius 3 is 2.76 bits per heavy atom. The highest BCUT2D eigenvalue weighted by atomic mass is 16.5. The van der Waals surface area contributed by atoms with Crippen molar-refractivity contribution in [1.29, 1.82) is 0 Å². The van der Waals surface area contributed by atoms with Gasteiger partial charge in [0.2, 0.25) is 5.91 Å². The lowest BCUT2D eigenvalue weighted by Crippen LogP contribution is -2.54. The number of morpholine rings is 1. The third kappa shape index (κ3) is 3.58. The second kappa shape index (κ2) is 7.11. The Morgan fingerprint density at radius 1 is 1.24 bits per heavy atom. The number of carbonyl (C=O) groups is 2. The Bertz CT molecular complexity index is 781. The fourth-order valence-electron chi connectivity index (χ4n) is 2.88. The lowest BCUT2D eigenvalue weighted by atomic mass is 10.0. The molecule has 6 heteroatoms. The zero-order valence-electron chi connectivity index (χ0n) is 14.4. The third-order valence-electron chi connectivity index (χ3n) is 4.37. The number of nitrogens with two attached hydrogens (primary N) is 1. The van der Waals surface area contributed by atoms with Crippen molar-refractivity contribution < 1.29 is 18.7 Å². The largest absolute Gasteiger partial charge is 0.451 e. The van der Waals surface area contributed by atoms with Crippen LogP contribution >= 0.6 is 0 Å². The van der Waals surface area contributed by atoms with Crippen LogP contribution in [0.3, 0.4) is 0 Å². The predicted octanol–water partition coefficient (Wildman–Crippen LogP) is 2.40. The fourth-order valence-corrected chi connectivity index (χ4v) is 2.88. The standard InChI is InChI=1S/C19H22N2O4/c1-12(2)13-4-3-5-14(10-13)16-6-7-17(25-16)19(23)21-8-9-24-11-15(21)18(20)22/h3-7,10,12,15H,8-9,11H2,1-2H3,(H2,20,22)/t15-/m1/s1. The Kier molecular flexibility index (Phi) is 4.90. The van der Waals surface area contributed by atoms with Gasteiger partial charge in [-0.05, 0) is 29.7 Å². The molecule has 1 aliphatic rings. The van der Waals surface area contributed by atoms with Gasteiger partial charge in [-0.15, -0.1) is 0 Å². The van der Waals surface area contributed by atoms with Gasteiger partial charge in [0, 0.05) is 12.1 Å². The number of rotatable bonds is 4. The number of benzene rings is 1. The highest BCUT2D eigenvalue weighted by molar-refractivity contribution is 5.95. The van der Waals surface area contributed by atoms with E-state index in [1.54, 1.807) is 12.1 Å². The van der Waals surface area contributed by atoms with E-state index in [0.717, 1.165) is 5.56 Å². The van der Waals surface area contributed by atoms with Crippen LogP contribution in [0.4, 0.5) is 0 Å². The summed E-state index contributed by atoms with van der Waals surface area (Å²) in [7, 11) is 0. The molecule has 1 aromatic heterocycles. The molecule has 2 aromatic rings. The molecule has 1 fully saturated rings. The van der Waals surface area contributed by atoms with E-state index in [9.17, 15) is 9.59 Å². The van der Waals surface area contributed by atoms with E-state index in [1.165, 1.54) is 10.5 Å². The van der Waals surface area contributed by atoms with Crippen LogP contribution < -0.4 is 5.73 Å². The van der Waals surface area contributed by atoms with Crippen LogP contribution in [0.1, 0.15) is 35.9 Å². The highest BCUT2D eigenvalue weighted by Crippen LogP contribution is 2.26. The van der Waals surface area contributed by atoms with Gasteiger partial charge in [-0.2, -0.15) is 0 Å². The number of hydrogen-bond donors (Lipinski definition) is 1. The summed E-state index contributed by atoms with van der Waals surface area (Å²) >= 11 is 0. The van der Waals surface area contributed by atoms with E-state index in [1.807, 2.05) is 12.1 Å². The number of ether oxygens (including phenoxy) is 1. The van der Waals surface area contributed by atoms with E-state index in [-0.39, 0.29) is 18.3 Å². The van der Waals surface area contributed by atoms with Gasteiger partial charge in [-0.1, -0.05) is 32.0 Å². The molecule has 0 radical (unpaired) electrons. The van der Waals surface area contributed by atoms with E-state index < -0.39 is 11.9 Å². The summed E-state index contributed by atoms with van der Waals surface area (Å²) in [5.41, 5.74) is 7.48. The van der Waals surface area contributed by atoms with Crippen molar-refractivity contribution in [3.05, 3.63) is 47.7 Å². The number of nitrogens with zero attached hydrogens (tertiary/aromatic N) is 1. The molecule has 0 saturated carbocycles. The summed E-state index contributed by atoms with van der Waals surface area (Å²) in [6, 6.07) is 10.7. The van der Waals surface area contributed by atoms with Gasteiger partial charge in [0.25, 0.3) is 5.91 Å². The summed E-state index contributed by atoms with van der Waals surface area (Å²) in [6.45, 7) is 5.05. The average molecular weight is 342 g/mol. The van der Waals surface area contributed by atoms with Gasteiger partial charge in [-0.25, -0.2) is 0 Å². The minimum Gasteiger partial charge on any atom is -0.451 e. The van der Waals surface area contributed by atoms with Crippen LogP contribution in [0.5, 0.6) is 0 Å². The summed E-state index contributed by atoms with van der Waals surface area (Å²) in [6.07, 6.45) is 0. The maximum absolute atomic E-state index is 12.7. The molecule has 1 aromatic carbocycles. The second-order valence-electron chi connectivity index (χ2n) is 6.44. The quantitative estimate of drug-likeness (QED) is 0.924. The summed E-state index contributed by atoms with van der Waals surface area (Å²) in [4.78, 5) is 25.7. The second-order valence-corrected chi connectivity index (χ2v) is 6.44. The van der Waals surface area contributed by atoms with Gasteiger partial charge < -0.3 is 19.8 Å². The van der Waals surface area contributed by atoms with Gasteiger partial charge in [0.15, 0.2) is 5.76 Å². The number of furan rings is 1. The molecule has 3 rings (SSSR count). The molecule has 2 heterocycles. The van der Waals surface area contributed by atoms with Crippen molar-refractivity contribution in [2.75, 3.05) is 19.8 Å². The molecule has 1 aliphatic heterocycles. The zero-order valence-corrected chi connectivity index (χ0v) is 14.4. The summed E-state index contributed by atoms with van der Waals surface area (Å²) in [5.74, 6) is 0.288. The van der Waals surface area contributed by atoms with E-state index >= 15 is 0 Å². The number of carbonyl (C=O) groups excluding carboxylic acids is 2. The average Bonchev–Trinajstić information content (AvgIpc) is 3.11. The first-order valence-corrected chi connectivity index (χ1v) is 8.35. The van der Waals surface area contributed by atoms with E-state index in [4.69, 9.17) is 14.9 Å². The molecule has 0 unspecified atom stereocenters. The van der Waals surface area contributed by atoms with Crippen molar-refractivity contribution in [1.82, 2.24) is 4.90 Å². The highest BCUT2D eigenvalue weighted by Gasteiger charge is 2.33. The van der Waals surface area contributed by atoms with E-state index in [0.29, 0.717) is 24.8 Å². The zero-order chi connectivity index (χ0) is 18.0. The fraction of sp³-hybridized carbons (Fsp3) is 0.368. The minimum absolute atomic E-state index is 0.116. The molecule has 0 bridgehead atoms. The first-order valence-electron chi connectivity index (χ1n) is 8.35. The summed E-state index contributed by atoms with van der Waals surface area (Å²) in [5, 5.41) is 0. The number of hydrogen-bond acceptors (Lipinski definition) is 4. The Balaban J connectivity index is 1.84. The van der Waals surface area contributed by atoms with Crippen molar-refractivity contribution in [2.45, 2.75) is 25.8 Å². The predicted molar refractivity (Wildman–Crippen MR) is 93.1 cm³/mol. The van der Waals surface area contributed by atoms with Crippen molar-refractivity contribution in [3.63, 3.8) is 0 Å². The first-order chi connectivity index (χ1) is 12.0. The Labute approximate surface area is 146 Å². The smallest absolute Gasteiger partial charge is 0.290 e. The molecule has 25 heavy (non-hydrogen) atoms. The maximum atomic E-state index is 12.7. The topological polar surface area (TPSA) is 85.8 Å². The normalized spacial score (nSPS) is 17.7. The van der Waals surface area contributed by atoms with Crippen LogP contribution in [0.2, 0.25) is 0 Å². The van der Waals surface area contributed by atoms with Crippen molar-refractivity contribution in [2.24, 2.45) is 5.73 Å². The van der Waals surface area contributed by atoms with Crippen LogP contribution in [0, 0.1) is 0 Å². The van der Waals surface area contributed by atoms with Gasteiger partial charge >= 0.3 is 0 Å². The Hall–Kier alpha value is -2.60. The van der Waals surface area contributed by atoms with Gasteiger partial charge in [-0.3, -0.25) is 9.59 Å². The van der Waals surface area contributed by atoms with Crippen LogP contribution in [0.15, 0.2) is 40.8 Å². The van der Waals surface area contributed by atoms with Gasteiger partial charge in [0.1, 0.15) is 11.8 Å². The molecular formula is C19H22N2O4. The first kappa shape index (κ1) is 17.2. The van der Waals surface area contributed by atoms with E-state index in [2.05, 4.69) is 26.0 Å². The molecular weight excluding hydrogens is 320 g/mol. The molecule has 2 N–H and O–H groups in total.